The highest BCUT2D eigenvalue weighted by Gasteiger charge is 2.13. The van der Waals surface area contributed by atoms with Crippen LogP contribution in [0.15, 0.2) is 12.1 Å². The highest BCUT2D eigenvalue weighted by atomic mass is 19.1. The van der Waals surface area contributed by atoms with E-state index < -0.39 is 0 Å². The largest absolute Gasteiger partial charge is 0.385 e. The van der Waals surface area contributed by atoms with Crippen LogP contribution in [0.1, 0.15) is 12.0 Å². The SMILES string of the molecule is CN(C)c1cc2c(cc1F)CCCN2. The number of nitrogens with one attached hydrogen (secondary N) is 1. The number of rotatable bonds is 1. The van der Waals surface area contributed by atoms with Crippen molar-refractivity contribution in [1.82, 2.24) is 0 Å². The summed E-state index contributed by atoms with van der Waals surface area (Å²) >= 11 is 0. The van der Waals surface area contributed by atoms with Crippen LogP contribution >= 0.6 is 0 Å². The van der Waals surface area contributed by atoms with Gasteiger partial charge in [0.15, 0.2) is 0 Å². The topological polar surface area (TPSA) is 15.3 Å². The monoisotopic (exact) mass is 194 g/mol. The van der Waals surface area contributed by atoms with Crippen LogP contribution in [0.3, 0.4) is 0 Å². The molecule has 0 radical (unpaired) electrons. The zero-order valence-electron chi connectivity index (χ0n) is 8.60. The van der Waals surface area contributed by atoms with E-state index in [2.05, 4.69) is 5.32 Å². The standard InChI is InChI=1S/C11H15FN2/c1-14(2)11-7-10-8(6-9(11)12)4-3-5-13-10/h6-7,13H,3-5H2,1-2H3. The van der Waals surface area contributed by atoms with Gasteiger partial charge in [0.05, 0.1) is 5.69 Å². The summed E-state index contributed by atoms with van der Waals surface area (Å²) in [6.07, 6.45) is 2.07. The predicted octanol–water partition coefficient (Wildman–Crippen LogP) is 2.25. The molecule has 2 rings (SSSR count). The van der Waals surface area contributed by atoms with Crippen LogP contribution in [0.25, 0.3) is 0 Å². The Bertz CT molecular complexity index is 347. The second-order valence-corrected chi connectivity index (χ2v) is 3.89. The van der Waals surface area contributed by atoms with Gasteiger partial charge in [-0.2, -0.15) is 0 Å². The molecule has 0 aromatic heterocycles. The lowest BCUT2D eigenvalue weighted by Crippen LogP contribution is -2.15. The van der Waals surface area contributed by atoms with Gasteiger partial charge in [0.25, 0.3) is 0 Å². The molecule has 0 bridgehead atoms. The summed E-state index contributed by atoms with van der Waals surface area (Å²) < 4.78 is 13.6. The molecule has 1 aromatic rings. The van der Waals surface area contributed by atoms with E-state index in [1.807, 2.05) is 20.2 Å². The molecule has 0 saturated carbocycles. The first-order valence-corrected chi connectivity index (χ1v) is 4.92. The minimum Gasteiger partial charge on any atom is -0.385 e. The van der Waals surface area contributed by atoms with Gasteiger partial charge in [0.1, 0.15) is 5.82 Å². The van der Waals surface area contributed by atoms with Crippen molar-refractivity contribution in [2.24, 2.45) is 0 Å². The first-order chi connectivity index (χ1) is 6.68. The van der Waals surface area contributed by atoms with Gasteiger partial charge in [-0.05, 0) is 30.5 Å². The Morgan fingerprint density at radius 3 is 2.86 bits per heavy atom. The molecule has 0 atom stereocenters. The Labute approximate surface area is 83.7 Å². The summed E-state index contributed by atoms with van der Waals surface area (Å²) in [6.45, 7) is 0.992. The molecule has 1 aliphatic rings. The number of hydrogen-bond acceptors (Lipinski definition) is 2. The molecule has 1 heterocycles. The Hall–Kier alpha value is -1.25. The van der Waals surface area contributed by atoms with Gasteiger partial charge in [-0.25, -0.2) is 4.39 Å². The lowest BCUT2D eigenvalue weighted by Gasteiger charge is -2.21. The fourth-order valence-electron chi connectivity index (χ4n) is 1.82. The van der Waals surface area contributed by atoms with Gasteiger partial charge < -0.3 is 10.2 Å². The van der Waals surface area contributed by atoms with E-state index in [4.69, 9.17) is 0 Å². The first kappa shape index (κ1) is 9.31. The molecule has 0 unspecified atom stereocenters. The van der Waals surface area contributed by atoms with Crippen molar-refractivity contribution in [3.05, 3.63) is 23.5 Å². The number of benzene rings is 1. The zero-order chi connectivity index (χ0) is 10.1. The number of halogens is 1. The van der Waals surface area contributed by atoms with Crippen molar-refractivity contribution >= 4 is 11.4 Å². The molecule has 0 saturated heterocycles. The minimum absolute atomic E-state index is 0.127. The number of anilines is 2. The third kappa shape index (κ3) is 1.54. The quantitative estimate of drug-likeness (QED) is 0.737. The van der Waals surface area contributed by atoms with Crippen molar-refractivity contribution < 1.29 is 4.39 Å². The number of nitrogens with zero attached hydrogens (tertiary/aromatic N) is 1. The summed E-state index contributed by atoms with van der Waals surface area (Å²) in [5, 5.41) is 3.29. The van der Waals surface area contributed by atoms with Crippen LogP contribution in [0, 0.1) is 5.82 Å². The normalized spacial score (nSPS) is 14.5. The average molecular weight is 194 g/mol. The molecule has 1 aromatic carbocycles. The maximum Gasteiger partial charge on any atom is 0.146 e. The van der Waals surface area contributed by atoms with Gasteiger partial charge in [0, 0.05) is 26.3 Å². The zero-order valence-corrected chi connectivity index (χ0v) is 8.60. The Morgan fingerprint density at radius 2 is 2.14 bits per heavy atom. The highest BCUT2D eigenvalue weighted by molar-refractivity contribution is 5.63. The Balaban J connectivity index is 2.45. The van der Waals surface area contributed by atoms with Crippen LogP contribution in [-0.4, -0.2) is 20.6 Å². The molecule has 2 nitrogen and oxygen atoms in total. The summed E-state index contributed by atoms with van der Waals surface area (Å²) in [6, 6.07) is 3.54. The average Bonchev–Trinajstić information content (AvgIpc) is 2.16. The van der Waals surface area contributed by atoms with Crippen LogP contribution in [-0.2, 0) is 6.42 Å². The van der Waals surface area contributed by atoms with E-state index in [-0.39, 0.29) is 5.82 Å². The fraction of sp³-hybridized carbons (Fsp3) is 0.455. The third-order valence-corrected chi connectivity index (χ3v) is 2.59. The molecule has 76 valence electrons. The Morgan fingerprint density at radius 1 is 1.36 bits per heavy atom. The lowest BCUT2D eigenvalue weighted by atomic mass is 10.0. The third-order valence-electron chi connectivity index (χ3n) is 2.59. The number of aryl methyl sites for hydroxylation is 1. The molecular formula is C11H15FN2. The number of hydrogen-bond donors (Lipinski definition) is 1. The van der Waals surface area contributed by atoms with Gasteiger partial charge >= 0.3 is 0 Å². The summed E-state index contributed by atoms with van der Waals surface area (Å²) in [7, 11) is 3.71. The second kappa shape index (κ2) is 3.48. The summed E-state index contributed by atoms with van der Waals surface area (Å²) in [5.74, 6) is -0.127. The van der Waals surface area contributed by atoms with E-state index >= 15 is 0 Å². The fourth-order valence-corrected chi connectivity index (χ4v) is 1.82. The molecule has 0 aliphatic carbocycles. The van der Waals surface area contributed by atoms with E-state index in [1.54, 1.807) is 11.0 Å². The molecule has 0 spiro atoms. The van der Waals surface area contributed by atoms with Crippen LogP contribution in [0.5, 0.6) is 0 Å². The molecule has 0 amide bonds. The summed E-state index contributed by atoms with van der Waals surface area (Å²) in [5.41, 5.74) is 2.83. The molecule has 0 fully saturated rings. The van der Waals surface area contributed by atoms with Gasteiger partial charge in [-0.15, -0.1) is 0 Å². The van der Waals surface area contributed by atoms with Gasteiger partial charge in [-0.3, -0.25) is 0 Å². The second-order valence-electron chi connectivity index (χ2n) is 3.89. The van der Waals surface area contributed by atoms with Crippen molar-refractivity contribution in [3.8, 4) is 0 Å². The molecule has 1 N–H and O–H groups in total. The van der Waals surface area contributed by atoms with Crippen LogP contribution in [0.4, 0.5) is 15.8 Å². The molecular weight excluding hydrogens is 179 g/mol. The molecule has 1 aliphatic heterocycles. The van der Waals surface area contributed by atoms with Crippen LogP contribution < -0.4 is 10.2 Å². The highest BCUT2D eigenvalue weighted by Crippen LogP contribution is 2.29. The van der Waals surface area contributed by atoms with Crippen molar-refractivity contribution in [2.45, 2.75) is 12.8 Å². The van der Waals surface area contributed by atoms with E-state index in [0.29, 0.717) is 5.69 Å². The van der Waals surface area contributed by atoms with E-state index in [9.17, 15) is 4.39 Å². The number of fused-ring (bicyclic) bond motifs is 1. The Kier molecular flexibility index (Phi) is 2.32. The first-order valence-electron chi connectivity index (χ1n) is 4.92. The van der Waals surface area contributed by atoms with Crippen molar-refractivity contribution in [1.29, 1.82) is 0 Å². The lowest BCUT2D eigenvalue weighted by molar-refractivity contribution is 0.622. The predicted molar refractivity (Wildman–Crippen MR) is 57.5 cm³/mol. The summed E-state index contributed by atoms with van der Waals surface area (Å²) in [4.78, 5) is 1.80. The minimum atomic E-state index is -0.127. The van der Waals surface area contributed by atoms with Crippen molar-refractivity contribution in [2.75, 3.05) is 30.9 Å². The van der Waals surface area contributed by atoms with Gasteiger partial charge in [0.2, 0.25) is 0 Å². The van der Waals surface area contributed by atoms with E-state index in [1.165, 1.54) is 0 Å². The van der Waals surface area contributed by atoms with Crippen molar-refractivity contribution in [3.63, 3.8) is 0 Å². The van der Waals surface area contributed by atoms with Gasteiger partial charge in [-0.1, -0.05) is 0 Å². The van der Waals surface area contributed by atoms with Crippen LogP contribution in [0.2, 0.25) is 0 Å². The molecule has 3 heteroatoms. The molecule has 14 heavy (non-hydrogen) atoms. The maximum absolute atomic E-state index is 13.6. The maximum atomic E-state index is 13.6. The van der Waals surface area contributed by atoms with E-state index in [0.717, 1.165) is 30.6 Å². The smallest absolute Gasteiger partial charge is 0.146 e.